The largest absolute Gasteiger partial charge is 0.127 e. The maximum atomic E-state index is 5.94. The van der Waals surface area contributed by atoms with Crippen molar-refractivity contribution in [3.05, 3.63) is 55.1 Å². The van der Waals surface area contributed by atoms with Crippen molar-refractivity contribution in [1.29, 1.82) is 0 Å². The fourth-order valence-electron chi connectivity index (χ4n) is 1.54. The van der Waals surface area contributed by atoms with E-state index in [1.54, 1.807) is 11.3 Å². The molecule has 1 heterocycles. The van der Waals surface area contributed by atoms with Crippen LogP contribution in [0.5, 0.6) is 0 Å². The molecule has 4 heteroatoms. The highest BCUT2D eigenvalue weighted by molar-refractivity contribution is 9.10. The van der Waals surface area contributed by atoms with E-state index in [2.05, 4.69) is 63.0 Å². The molecular weight excluding hydrogens is 371 g/mol. The van der Waals surface area contributed by atoms with Crippen LogP contribution < -0.4 is 0 Å². The SMILES string of the molecule is Cc1cc(Br)cc(C(Br)c2ccc(Cl)s2)c1. The third-order valence-electron chi connectivity index (χ3n) is 2.20. The highest BCUT2D eigenvalue weighted by atomic mass is 79.9. The Morgan fingerprint density at radius 1 is 1.25 bits per heavy atom. The van der Waals surface area contributed by atoms with Gasteiger partial charge in [-0.3, -0.25) is 0 Å². The van der Waals surface area contributed by atoms with Gasteiger partial charge in [-0.1, -0.05) is 49.5 Å². The molecule has 0 spiro atoms. The van der Waals surface area contributed by atoms with Gasteiger partial charge >= 0.3 is 0 Å². The lowest BCUT2D eigenvalue weighted by atomic mass is 10.1. The Balaban J connectivity index is 2.37. The molecule has 84 valence electrons. The van der Waals surface area contributed by atoms with E-state index in [1.807, 2.05) is 6.07 Å². The molecule has 2 aromatic rings. The number of aryl methyl sites for hydroxylation is 1. The van der Waals surface area contributed by atoms with Crippen LogP contribution in [0.25, 0.3) is 0 Å². The number of thiophene rings is 1. The third kappa shape index (κ3) is 2.89. The van der Waals surface area contributed by atoms with Crippen LogP contribution in [0.15, 0.2) is 34.8 Å². The normalized spacial score (nSPS) is 12.8. The number of hydrogen-bond donors (Lipinski definition) is 0. The van der Waals surface area contributed by atoms with Crippen molar-refractivity contribution in [2.75, 3.05) is 0 Å². The van der Waals surface area contributed by atoms with Gasteiger partial charge in [0.25, 0.3) is 0 Å². The number of halogens is 3. The number of benzene rings is 1. The Labute approximate surface area is 121 Å². The average Bonchev–Trinajstić information content (AvgIpc) is 2.62. The summed E-state index contributed by atoms with van der Waals surface area (Å²) in [5.41, 5.74) is 2.49. The predicted molar refractivity (Wildman–Crippen MR) is 79.0 cm³/mol. The number of hydrogen-bond acceptors (Lipinski definition) is 1. The Kier molecular flexibility index (Phi) is 4.11. The molecule has 0 saturated heterocycles. The molecule has 0 aliphatic carbocycles. The second kappa shape index (κ2) is 5.21. The highest BCUT2D eigenvalue weighted by Gasteiger charge is 2.13. The number of alkyl halides is 1. The smallest absolute Gasteiger partial charge is 0.0931 e. The van der Waals surface area contributed by atoms with Crippen molar-refractivity contribution in [2.45, 2.75) is 11.8 Å². The zero-order valence-corrected chi connectivity index (χ0v) is 13.3. The lowest BCUT2D eigenvalue weighted by Crippen LogP contribution is -1.90. The lowest BCUT2D eigenvalue weighted by molar-refractivity contribution is 1.20. The summed E-state index contributed by atoms with van der Waals surface area (Å²) in [6.45, 7) is 2.09. The summed E-state index contributed by atoms with van der Waals surface area (Å²) in [5.74, 6) is 0. The minimum atomic E-state index is 0.209. The fourth-order valence-corrected chi connectivity index (χ4v) is 3.93. The first-order chi connectivity index (χ1) is 7.56. The maximum Gasteiger partial charge on any atom is 0.0931 e. The summed E-state index contributed by atoms with van der Waals surface area (Å²) >= 11 is 14.8. The molecule has 0 aliphatic rings. The molecule has 0 radical (unpaired) electrons. The summed E-state index contributed by atoms with van der Waals surface area (Å²) in [4.78, 5) is 1.43. The van der Waals surface area contributed by atoms with E-state index in [1.165, 1.54) is 16.0 Å². The van der Waals surface area contributed by atoms with Crippen LogP contribution in [0.1, 0.15) is 20.8 Å². The van der Waals surface area contributed by atoms with Crippen LogP contribution in [-0.4, -0.2) is 0 Å². The molecule has 0 amide bonds. The summed E-state index contributed by atoms with van der Waals surface area (Å²) in [7, 11) is 0. The molecule has 1 aromatic carbocycles. The van der Waals surface area contributed by atoms with Gasteiger partial charge in [0.2, 0.25) is 0 Å². The van der Waals surface area contributed by atoms with Crippen LogP contribution >= 0.6 is 54.8 Å². The van der Waals surface area contributed by atoms with E-state index >= 15 is 0 Å². The van der Waals surface area contributed by atoms with Crippen molar-refractivity contribution in [2.24, 2.45) is 0 Å². The summed E-state index contributed by atoms with van der Waals surface area (Å²) in [5, 5.41) is 0. The average molecular weight is 381 g/mol. The quantitative estimate of drug-likeness (QED) is 0.564. The van der Waals surface area contributed by atoms with E-state index < -0.39 is 0 Å². The third-order valence-corrected chi connectivity index (χ3v) is 5.28. The van der Waals surface area contributed by atoms with Gasteiger partial charge in [0, 0.05) is 9.35 Å². The van der Waals surface area contributed by atoms with Gasteiger partial charge < -0.3 is 0 Å². The van der Waals surface area contributed by atoms with Gasteiger partial charge in [-0.2, -0.15) is 0 Å². The molecule has 16 heavy (non-hydrogen) atoms. The Hall–Kier alpha value is 0.170. The van der Waals surface area contributed by atoms with Gasteiger partial charge in [0.15, 0.2) is 0 Å². The van der Waals surface area contributed by atoms with Crippen LogP contribution in [0.3, 0.4) is 0 Å². The van der Waals surface area contributed by atoms with Crippen LogP contribution in [0, 0.1) is 6.92 Å². The Morgan fingerprint density at radius 2 is 2.00 bits per heavy atom. The molecule has 0 bridgehead atoms. The fraction of sp³-hybridized carbons (Fsp3) is 0.167. The molecule has 1 atom stereocenters. The number of rotatable bonds is 2. The minimum absolute atomic E-state index is 0.209. The first kappa shape index (κ1) is 12.6. The Morgan fingerprint density at radius 3 is 2.56 bits per heavy atom. The second-order valence-electron chi connectivity index (χ2n) is 3.57. The van der Waals surface area contributed by atoms with Gasteiger partial charge in [-0.25, -0.2) is 0 Å². The van der Waals surface area contributed by atoms with E-state index in [0.717, 1.165) is 8.81 Å². The monoisotopic (exact) mass is 378 g/mol. The predicted octanol–water partition coefficient (Wildman–Crippen LogP) is 5.96. The van der Waals surface area contributed by atoms with E-state index in [0.29, 0.717) is 0 Å². The minimum Gasteiger partial charge on any atom is -0.127 e. The van der Waals surface area contributed by atoms with Crippen LogP contribution in [-0.2, 0) is 0 Å². The summed E-state index contributed by atoms with van der Waals surface area (Å²) in [6, 6.07) is 10.4. The summed E-state index contributed by atoms with van der Waals surface area (Å²) in [6.07, 6.45) is 0. The zero-order chi connectivity index (χ0) is 11.7. The van der Waals surface area contributed by atoms with Crippen LogP contribution in [0.4, 0.5) is 0 Å². The van der Waals surface area contributed by atoms with Crippen molar-refractivity contribution in [3.63, 3.8) is 0 Å². The van der Waals surface area contributed by atoms with E-state index in [-0.39, 0.29) is 4.83 Å². The maximum absolute atomic E-state index is 5.94. The molecular formula is C12H9Br2ClS. The van der Waals surface area contributed by atoms with Gasteiger partial charge in [0.05, 0.1) is 9.16 Å². The van der Waals surface area contributed by atoms with Crippen molar-refractivity contribution < 1.29 is 0 Å². The second-order valence-corrected chi connectivity index (χ2v) is 7.14. The Bertz CT molecular complexity index is 487. The van der Waals surface area contributed by atoms with Crippen molar-refractivity contribution in [3.8, 4) is 0 Å². The van der Waals surface area contributed by atoms with Gasteiger partial charge in [0.1, 0.15) is 0 Å². The zero-order valence-electron chi connectivity index (χ0n) is 8.51. The molecule has 2 rings (SSSR count). The van der Waals surface area contributed by atoms with Crippen LogP contribution in [0.2, 0.25) is 4.34 Å². The first-order valence-corrected chi connectivity index (χ1v) is 7.63. The highest BCUT2D eigenvalue weighted by Crippen LogP contribution is 2.37. The molecule has 1 unspecified atom stereocenters. The molecule has 0 fully saturated rings. The molecule has 0 N–H and O–H groups in total. The van der Waals surface area contributed by atoms with Gasteiger partial charge in [-0.05, 0) is 42.3 Å². The molecule has 1 aromatic heterocycles. The first-order valence-electron chi connectivity index (χ1n) is 4.72. The molecule has 0 nitrogen and oxygen atoms in total. The standard InChI is InChI=1S/C12H9Br2ClS/c1-7-4-8(6-9(13)5-7)12(14)10-2-3-11(15)16-10/h2-6,12H,1H3. The molecule has 0 aliphatic heterocycles. The van der Waals surface area contributed by atoms with Gasteiger partial charge in [-0.15, -0.1) is 11.3 Å². The van der Waals surface area contributed by atoms with E-state index in [4.69, 9.17) is 11.6 Å². The summed E-state index contributed by atoms with van der Waals surface area (Å²) < 4.78 is 1.93. The van der Waals surface area contributed by atoms with E-state index in [9.17, 15) is 0 Å². The molecule has 0 saturated carbocycles. The topological polar surface area (TPSA) is 0 Å². The van der Waals surface area contributed by atoms with Crippen molar-refractivity contribution in [1.82, 2.24) is 0 Å². The lowest BCUT2D eigenvalue weighted by Gasteiger charge is -2.09. The van der Waals surface area contributed by atoms with Crippen molar-refractivity contribution >= 4 is 54.8 Å².